The summed E-state index contributed by atoms with van der Waals surface area (Å²) in [5.41, 5.74) is -1.06. The van der Waals surface area contributed by atoms with Crippen LogP contribution in [-0.2, 0) is 19.1 Å². The van der Waals surface area contributed by atoms with Gasteiger partial charge in [-0.05, 0) is 27.7 Å². The Balaban J connectivity index is 4.19. The van der Waals surface area contributed by atoms with Crippen LogP contribution in [0.4, 0.5) is 0 Å². The Hall–Kier alpha value is -0.900. The minimum atomic E-state index is -1.06. The Bertz CT molecular complexity index is 221. The average molecular weight is 216 g/mol. The first kappa shape index (κ1) is 14.1. The lowest BCUT2D eigenvalue weighted by atomic mass is 9.86. The minimum Gasteiger partial charge on any atom is -0.465 e. The molecule has 0 N–H and O–H groups in total. The summed E-state index contributed by atoms with van der Waals surface area (Å²) >= 11 is 0. The molecule has 0 aliphatic rings. The van der Waals surface area contributed by atoms with Gasteiger partial charge in [0.05, 0.1) is 13.2 Å². The van der Waals surface area contributed by atoms with Crippen molar-refractivity contribution in [2.45, 2.75) is 34.1 Å². The number of hydrogen-bond donors (Lipinski definition) is 0. The molecule has 0 unspecified atom stereocenters. The fraction of sp³-hybridized carbons (Fsp3) is 0.818. The first-order valence-electron chi connectivity index (χ1n) is 5.25. The Morgan fingerprint density at radius 1 is 1.13 bits per heavy atom. The molecule has 0 radical (unpaired) electrons. The zero-order valence-corrected chi connectivity index (χ0v) is 9.96. The lowest BCUT2D eigenvalue weighted by Crippen LogP contribution is -2.35. The van der Waals surface area contributed by atoms with Gasteiger partial charge in [0.15, 0.2) is 5.78 Å². The van der Waals surface area contributed by atoms with Gasteiger partial charge in [0, 0.05) is 13.0 Å². The van der Waals surface area contributed by atoms with Crippen LogP contribution >= 0.6 is 0 Å². The van der Waals surface area contributed by atoms with Gasteiger partial charge in [-0.3, -0.25) is 9.59 Å². The second kappa shape index (κ2) is 6.56. The number of rotatable bonds is 7. The van der Waals surface area contributed by atoms with E-state index in [4.69, 9.17) is 9.47 Å². The standard InChI is InChI=1S/C11H20O4/c1-5-14-8-7-9(12)11(3,4)10(13)15-6-2/h5-8H2,1-4H3. The zero-order valence-electron chi connectivity index (χ0n) is 9.96. The van der Waals surface area contributed by atoms with E-state index in [2.05, 4.69) is 0 Å². The summed E-state index contributed by atoms with van der Waals surface area (Å²) in [5.74, 6) is -0.610. The lowest BCUT2D eigenvalue weighted by Gasteiger charge is -2.20. The molecule has 0 rings (SSSR count). The fourth-order valence-electron chi connectivity index (χ4n) is 1.05. The predicted molar refractivity (Wildman–Crippen MR) is 56.5 cm³/mol. The summed E-state index contributed by atoms with van der Waals surface area (Å²) in [7, 11) is 0. The van der Waals surface area contributed by atoms with Crippen LogP contribution in [0.15, 0.2) is 0 Å². The first-order chi connectivity index (χ1) is 6.96. The van der Waals surface area contributed by atoms with Gasteiger partial charge < -0.3 is 9.47 Å². The molecule has 15 heavy (non-hydrogen) atoms. The average Bonchev–Trinajstić information content (AvgIpc) is 2.18. The highest BCUT2D eigenvalue weighted by Crippen LogP contribution is 2.20. The van der Waals surface area contributed by atoms with Crippen molar-refractivity contribution in [3.05, 3.63) is 0 Å². The van der Waals surface area contributed by atoms with Gasteiger partial charge in [-0.2, -0.15) is 0 Å². The lowest BCUT2D eigenvalue weighted by molar-refractivity contribution is -0.158. The van der Waals surface area contributed by atoms with Gasteiger partial charge in [-0.15, -0.1) is 0 Å². The third-order valence-corrected chi connectivity index (χ3v) is 2.16. The molecular weight excluding hydrogens is 196 g/mol. The Morgan fingerprint density at radius 3 is 2.20 bits per heavy atom. The number of Topliss-reactive ketones (excluding diaryl/α,β-unsaturated/α-hetero) is 1. The van der Waals surface area contributed by atoms with Gasteiger partial charge in [-0.25, -0.2) is 0 Å². The van der Waals surface area contributed by atoms with Crippen molar-refractivity contribution in [1.29, 1.82) is 0 Å². The Morgan fingerprint density at radius 2 is 1.73 bits per heavy atom. The van der Waals surface area contributed by atoms with Gasteiger partial charge in [-0.1, -0.05) is 0 Å². The minimum absolute atomic E-state index is 0.144. The number of ketones is 1. The smallest absolute Gasteiger partial charge is 0.319 e. The maximum atomic E-state index is 11.7. The highest BCUT2D eigenvalue weighted by Gasteiger charge is 2.36. The van der Waals surface area contributed by atoms with Crippen LogP contribution in [0.2, 0.25) is 0 Å². The second-order valence-electron chi connectivity index (χ2n) is 3.72. The number of carbonyl (C=O) groups excluding carboxylic acids is 2. The van der Waals surface area contributed by atoms with Crippen LogP contribution in [0, 0.1) is 5.41 Å². The molecule has 0 bridgehead atoms. The molecular formula is C11H20O4. The molecule has 0 aromatic rings. The molecule has 0 fully saturated rings. The van der Waals surface area contributed by atoms with Crippen LogP contribution in [0.3, 0.4) is 0 Å². The number of carbonyl (C=O) groups is 2. The molecule has 0 heterocycles. The fourth-order valence-corrected chi connectivity index (χ4v) is 1.05. The van der Waals surface area contributed by atoms with Gasteiger partial charge in [0.1, 0.15) is 5.41 Å². The van der Waals surface area contributed by atoms with E-state index >= 15 is 0 Å². The van der Waals surface area contributed by atoms with E-state index in [1.807, 2.05) is 6.92 Å². The van der Waals surface area contributed by atoms with Crippen molar-refractivity contribution >= 4 is 11.8 Å². The molecule has 0 aliphatic heterocycles. The van der Waals surface area contributed by atoms with Crippen molar-refractivity contribution in [3.8, 4) is 0 Å². The third kappa shape index (κ3) is 4.42. The molecule has 0 aromatic heterocycles. The van der Waals surface area contributed by atoms with Crippen LogP contribution in [0.25, 0.3) is 0 Å². The normalized spacial score (nSPS) is 11.2. The summed E-state index contributed by atoms with van der Waals surface area (Å²) in [6.45, 7) is 7.98. The number of esters is 1. The number of hydrogen-bond acceptors (Lipinski definition) is 4. The molecule has 0 atom stereocenters. The molecule has 0 spiro atoms. The topological polar surface area (TPSA) is 52.6 Å². The van der Waals surface area contributed by atoms with E-state index in [0.29, 0.717) is 19.8 Å². The summed E-state index contributed by atoms with van der Waals surface area (Å²) < 4.78 is 9.90. The summed E-state index contributed by atoms with van der Waals surface area (Å²) in [5, 5.41) is 0. The number of ether oxygens (including phenoxy) is 2. The zero-order chi connectivity index (χ0) is 11.9. The Kier molecular flexibility index (Phi) is 6.17. The van der Waals surface area contributed by atoms with E-state index in [9.17, 15) is 9.59 Å². The summed E-state index contributed by atoms with van der Waals surface area (Å²) in [6.07, 6.45) is 0.250. The van der Waals surface area contributed by atoms with Gasteiger partial charge in [0.2, 0.25) is 0 Å². The molecule has 88 valence electrons. The summed E-state index contributed by atoms with van der Waals surface area (Å²) in [4.78, 5) is 23.1. The second-order valence-corrected chi connectivity index (χ2v) is 3.72. The summed E-state index contributed by atoms with van der Waals surface area (Å²) in [6, 6.07) is 0. The molecule has 0 amide bonds. The molecule has 0 saturated carbocycles. The van der Waals surface area contributed by atoms with Crippen molar-refractivity contribution in [1.82, 2.24) is 0 Å². The Labute approximate surface area is 90.9 Å². The van der Waals surface area contributed by atoms with Crippen LogP contribution in [0.5, 0.6) is 0 Å². The maximum Gasteiger partial charge on any atom is 0.319 e. The quantitative estimate of drug-likeness (QED) is 0.368. The van der Waals surface area contributed by atoms with Gasteiger partial charge >= 0.3 is 5.97 Å². The molecule has 4 nitrogen and oxygen atoms in total. The monoisotopic (exact) mass is 216 g/mol. The molecule has 0 saturated heterocycles. The molecule has 0 aliphatic carbocycles. The first-order valence-corrected chi connectivity index (χ1v) is 5.25. The molecule has 4 heteroatoms. The highest BCUT2D eigenvalue weighted by molar-refractivity contribution is 6.02. The van der Waals surface area contributed by atoms with E-state index in [0.717, 1.165) is 0 Å². The van der Waals surface area contributed by atoms with E-state index in [1.165, 1.54) is 0 Å². The van der Waals surface area contributed by atoms with Crippen molar-refractivity contribution in [3.63, 3.8) is 0 Å². The van der Waals surface area contributed by atoms with E-state index in [1.54, 1.807) is 20.8 Å². The predicted octanol–water partition coefficient (Wildman–Crippen LogP) is 1.57. The van der Waals surface area contributed by atoms with Gasteiger partial charge in [0.25, 0.3) is 0 Å². The SMILES string of the molecule is CCOCCC(=O)C(C)(C)C(=O)OCC. The highest BCUT2D eigenvalue weighted by atomic mass is 16.5. The van der Waals surface area contributed by atoms with Crippen molar-refractivity contribution in [2.75, 3.05) is 19.8 Å². The van der Waals surface area contributed by atoms with Crippen LogP contribution in [-0.4, -0.2) is 31.6 Å². The molecule has 0 aromatic carbocycles. The van der Waals surface area contributed by atoms with Crippen LogP contribution < -0.4 is 0 Å². The van der Waals surface area contributed by atoms with Crippen molar-refractivity contribution in [2.24, 2.45) is 5.41 Å². The van der Waals surface area contributed by atoms with E-state index < -0.39 is 11.4 Å². The maximum absolute atomic E-state index is 11.7. The third-order valence-electron chi connectivity index (χ3n) is 2.16. The van der Waals surface area contributed by atoms with E-state index in [-0.39, 0.29) is 12.2 Å². The largest absolute Gasteiger partial charge is 0.465 e. The van der Waals surface area contributed by atoms with Crippen LogP contribution in [0.1, 0.15) is 34.1 Å². The van der Waals surface area contributed by atoms with Crippen molar-refractivity contribution < 1.29 is 19.1 Å².